The molecule has 0 unspecified atom stereocenters. The lowest BCUT2D eigenvalue weighted by molar-refractivity contribution is 0.604. The molecule has 19 heavy (non-hydrogen) atoms. The van der Waals surface area contributed by atoms with Crippen molar-refractivity contribution in [3.05, 3.63) is 11.4 Å². The van der Waals surface area contributed by atoms with Crippen molar-refractivity contribution in [3.63, 3.8) is 0 Å². The molecule has 0 atom stereocenters. The lowest BCUT2D eigenvalue weighted by atomic mass is 10.2. The Bertz CT molecular complexity index is 574. The van der Waals surface area contributed by atoms with E-state index in [1.54, 1.807) is 11.3 Å². The molecule has 1 aliphatic rings. The lowest BCUT2D eigenvalue weighted by Gasteiger charge is -2.26. The fourth-order valence-electron chi connectivity index (χ4n) is 2.36. The Hall–Kier alpha value is -1.36. The van der Waals surface area contributed by atoms with Gasteiger partial charge >= 0.3 is 0 Å². The number of aromatic nitrogens is 2. The molecule has 3 rings (SSSR count). The van der Waals surface area contributed by atoms with Gasteiger partial charge in [-0.15, -0.1) is 11.3 Å². The normalized spacial score (nSPS) is 15.2. The van der Waals surface area contributed by atoms with Crippen LogP contribution in [0.5, 0.6) is 0 Å². The van der Waals surface area contributed by atoms with Crippen molar-refractivity contribution in [1.82, 2.24) is 9.97 Å². The smallest absolute Gasteiger partial charge is 0.225 e. The van der Waals surface area contributed by atoms with Gasteiger partial charge in [0.2, 0.25) is 5.95 Å². The van der Waals surface area contributed by atoms with E-state index in [2.05, 4.69) is 40.5 Å². The van der Waals surface area contributed by atoms with Crippen LogP contribution in [0.4, 0.5) is 11.8 Å². The minimum atomic E-state index is 0.641. The molecule has 1 saturated carbocycles. The molecular formula is C14H20N4S. The van der Waals surface area contributed by atoms with Gasteiger partial charge in [-0.2, -0.15) is 4.98 Å². The van der Waals surface area contributed by atoms with Crippen LogP contribution in [0.2, 0.25) is 0 Å². The van der Waals surface area contributed by atoms with Crippen LogP contribution >= 0.6 is 11.3 Å². The van der Waals surface area contributed by atoms with Gasteiger partial charge in [-0.3, -0.25) is 0 Å². The highest BCUT2D eigenvalue weighted by Gasteiger charge is 2.31. The first-order valence-corrected chi connectivity index (χ1v) is 7.76. The van der Waals surface area contributed by atoms with Crippen molar-refractivity contribution in [3.8, 4) is 0 Å². The zero-order chi connectivity index (χ0) is 13.4. The lowest BCUT2D eigenvalue weighted by Crippen LogP contribution is -2.31. The predicted molar refractivity (Wildman–Crippen MR) is 82.2 cm³/mol. The molecule has 2 aromatic heterocycles. The number of nitrogens with one attached hydrogen (secondary N) is 1. The first-order valence-electron chi connectivity index (χ1n) is 6.88. The molecule has 1 N–H and O–H groups in total. The van der Waals surface area contributed by atoms with Crippen LogP contribution in [0.15, 0.2) is 11.4 Å². The van der Waals surface area contributed by atoms with Crippen molar-refractivity contribution < 1.29 is 0 Å². The summed E-state index contributed by atoms with van der Waals surface area (Å²) >= 11 is 1.68. The van der Waals surface area contributed by atoms with E-state index in [-0.39, 0.29) is 0 Å². The van der Waals surface area contributed by atoms with E-state index in [9.17, 15) is 0 Å². The molecule has 102 valence electrons. The maximum absolute atomic E-state index is 4.72. The van der Waals surface area contributed by atoms with Gasteiger partial charge in [0.25, 0.3) is 0 Å². The summed E-state index contributed by atoms with van der Waals surface area (Å²) in [6.45, 7) is 5.59. The van der Waals surface area contributed by atoms with Gasteiger partial charge in [0.1, 0.15) is 10.6 Å². The van der Waals surface area contributed by atoms with Gasteiger partial charge in [0.05, 0.1) is 5.39 Å². The van der Waals surface area contributed by atoms with E-state index in [4.69, 9.17) is 4.98 Å². The highest BCUT2D eigenvalue weighted by Crippen LogP contribution is 2.36. The Labute approximate surface area is 117 Å². The topological polar surface area (TPSA) is 41.1 Å². The molecule has 2 aromatic rings. The molecule has 2 heterocycles. The summed E-state index contributed by atoms with van der Waals surface area (Å²) in [4.78, 5) is 12.8. The summed E-state index contributed by atoms with van der Waals surface area (Å²) in [5.41, 5.74) is 0. The van der Waals surface area contributed by atoms with Crippen LogP contribution in [0, 0.1) is 5.92 Å². The first kappa shape index (κ1) is 12.7. The number of nitrogens with zero attached hydrogens (tertiary/aromatic N) is 3. The molecule has 4 nitrogen and oxygen atoms in total. The summed E-state index contributed by atoms with van der Waals surface area (Å²) in [6.07, 6.45) is 2.58. The molecule has 0 amide bonds. The highest BCUT2D eigenvalue weighted by molar-refractivity contribution is 7.16. The largest absolute Gasteiger partial charge is 0.357 e. The maximum Gasteiger partial charge on any atom is 0.225 e. The number of hydrogen-bond acceptors (Lipinski definition) is 5. The standard InChI is InChI=1S/C14H20N4S/c1-9(2)8-18(10-4-5-10)12-11-6-7-19-13(11)17-14(15-3)16-12/h6-7,9-10H,4-5,8H2,1-3H3,(H,15,16,17). The average Bonchev–Trinajstić information content (AvgIpc) is 3.12. The molecule has 0 bridgehead atoms. The second-order valence-electron chi connectivity index (χ2n) is 5.54. The molecule has 0 spiro atoms. The van der Waals surface area contributed by atoms with E-state index in [1.807, 2.05) is 7.05 Å². The van der Waals surface area contributed by atoms with Gasteiger partial charge in [-0.25, -0.2) is 4.98 Å². The third-order valence-electron chi connectivity index (χ3n) is 3.35. The van der Waals surface area contributed by atoms with Crippen LogP contribution in [0.1, 0.15) is 26.7 Å². The summed E-state index contributed by atoms with van der Waals surface area (Å²) < 4.78 is 0. The summed E-state index contributed by atoms with van der Waals surface area (Å²) in [5, 5.41) is 6.37. The van der Waals surface area contributed by atoms with E-state index in [0.717, 1.165) is 23.1 Å². The van der Waals surface area contributed by atoms with E-state index >= 15 is 0 Å². The highest BCUT2D eigenvalue weighted by atomic mass is 32.1. The SMILES string of the molecule is CNc1nc(N(CC(C)C)C2CC2)c2ccsc2n1. The van der Waals surface area contributed by atoms with Crippen LogP contribution in [0.25, 0.3) is 10.2 Å². The van der Waals surface area contributed by atoms with Crippen LogP contribution in [0.3, 0.4) is 0 Å². The van der Waals surface area contributed by atoms with Crippen molar-refractivity contribution >= 4 is 33.3 Å². The maximum atomic E-state index is 4.72. The third kappa shape index (κ3) is 2.52. The summed E-state index contributed by atoms with van der Waals surface area (Å²) in [7, 11) is 1.88. The molecule has 1 fully saturated rings. The van der Waals surface area contributed by atoms with Gasteiger partial charge in [0, 0.05) is 19.6 Å². The Kier molecular flexibility index (Phi) is 3.31. The van der Waals surface area contributed by atoms with Crippen molar-refractivity contribution in [1.29, 1.82) is 0 Å². The monoisotopic (exact) mass is 276 g/mol. The van der Waals surface area contributed by atoms with Gasteiger partial charge < -0.3 is 10.2 Å². The van der Waals surface area contributed by atoms with E-state index in [1.165, 1.54) is 18.2 Å². The predicted octanol–water partition coefficient (Wildman–Crippen LogP) is 3.36. The molecular weight excluding hydrogens is 256 g/mol. The van der Waals surface area contributed by atoms with E-state index < -0.39 is 0 Å². The number of thiophene rings is 1. The molecule has 5 heteroatoms. The van der Waals surface area contributed by atoms with Crippen molar-refractivity contribution in [2.45, 2.75) is 32.7 Å². The van der Waals surface area contributed by atoms with Crippen LogP contribution in [-0.4, -0.2) is 29.6 Å². The fraction of sp³-hybridized carbons (Fsp3) is 0.571. The van der Waals surface area contributed by atoms with Gasteiger partial charge in [0.15, 0.2) is 0 Å². The van der Waals surface area contributed by atoms with Crippen LogP contribution in [-0.2, 0) is 0 Å². The Morgan fingerprint density at radius 3 is 2.84 bits per heavy atom. The second kappa shape index (κ2) is 4.96. The van der Waals surface area contributed by atoms with Crippen LogP contribution < -0.4 is 10.2 Å². The minimum Gasteiger partial charge on any atom is -0.357 e. The Balaban J connectivity index is 2.07. The number of hydrogen-bond donors (Lipinski definition) is 1. The first-order chi connectivity index (χ1) is 9.19. The average molecular weight is 276 g/mol. The number of anilines is 2. The van der Waals surface area contributed by atoms with E-state index in [0.29, 0.717) is 12.0 Å². The molecule has 0 aromatic carbocycles. The van der Waals surface area contributed by atoms with Crippen molar-refractivity contribution in [2.24, 2.45) is 5.92 Å². The Morgan fingerprint density at radius 1 is 1.42 bits per heavy atom. The Morgan fingerprint density at radius 2 is 2.21 bits per heavy atom. The van der Waals surface area contributed by atoms with Gasteiger partial charge in [-0.05, 0) is 30.2 Å². The quantitative estimate of drug-likeness (QED) is 0.909. The molecule has 0 radical (unpaired) electrons. The summed E-state index contributed by atoms with van der Waals surface area (Å²) in [6, 6.07) is 2.81. The van der Waals surface area contributed by atoms with Crippen molar-refractivity contribution in [2.75, 3.05) is 23.8 Å². The fourth-order valence-corrected chi connectivity index (χ4v) is 3.12. The number of rotatable bonds is 5. The van der Waals surface area contributed by atoms with Gasteiger partial charge in [-0.1, -0.05) is 13.8 Å². The molecule has 0 saturated heterocycles. The second-order valence-corrected chi connectivity index (χ2v) is 6.43. The molecule has 0 aliphatic heterocycles. The zero-order valence-corrected chi connectivity index (χ0v) is 12.5. The third-order valence-corrected chi connectivity index (χ3v) is 4.16. The molecule has 1 aliphatic carbocycles. The minimum absolute atomic E-state index is 0.641. The summed E-state index contributed by atoms with van der Waals surface area (Å²) in [5.74, 6) is 2.47. The zero-order valence-electron chi connectivity index (χ0n) is 11.7. The number of fused-ring (bicyclic) bond motifs is 1.